The molecular formula is C12H18N2. The Kier molecular flexibility index (Phi) is 2.36. The van der Waals surface area contributed by atoms with Crippen LogP contribution < -0.4 is 11.1 Å². The molecule has 0 spiro atoms. The Morgan fingerprint density at radius 3 is 2.71 bits per heavy atom. The first-order valence-corrected chi connectivity index (χ1v) is 5.26. The summed E-state index contributed by atoms with van der Waals surface area (Å²) in [4.78, 5) is 0. The van der Waals surface area contributed by atoms with Crippen LogP contribution in [0, 0.1) is 18.8 Å². The summed E-state index contributed by atoms with van der Waals surface area (Å²) in [5.74, 6) is 1.78. The van der Waals surface area contributed by atoms with E-state index in [4.69, 9.17) is 5.73 Å². The number of nitrogens with one attached hydrogen (secondary N) is 1. The van der Waals surface area contributed by atoms with Crippen LogP contribution in [0.25, 0.3) is 0 Å². The molecule has 0 aromatic heterocycles. The second kappa shape index (κ2) is 3.52. The van der Waals surface area contributed by atoms with Gasteiger partial charge >= 0.3 is 0 Å². The van der Waals surface area contributed by atoms with E-state index < -0.39 is 0 Å². The first kappa shape index (κ1) is 9.38. The molecule has 2 unspecified atom stereocenters. The quantitative estimate of drug-likeness (QED) is 0.719. The predicted octanol–water partition coefficient (Wildman–Crippen LogP) is 2.65. The Hall–Kier alpha value is -1.18. The lowest BCUT2D eigenvalue weighted by atomic mass is 10.2. The average Bonchev–Trinajstić information content (AvgIpc) is 2.77. The largest absolute Gasteiger partial charge is 0.399 e. The SMILES string of the molecule is Cc1cc(N)cc(NCC2CC2C)c1. The topological polar surface area (TPSA) is 38.0 Å². The minimum atomic E-state index is 0.844. The molecule has 1 aromatic rings. The van der Waals surface area contributed by atoms with E-state index in [-0.39, 0.29) is 0 Å². The van der Waals surface area contributed by atoms with E-state index in [2.05, 4.69) is 25.2 Å². The summed E-state index contributed by atoms with van der Waals surface area (Å²) in [6.07, 6.45) is 1.37. The number of aryl methyl sites for hydroxylation is 1. The van der Waals surface area contributed by atoms with Gasteiger partial charge < -0.3 is 11.1 Å². The number of hydrogen-bond donors (Lipinski definition) is 2. The Morgan fingerprint density at radius 1 is 1.43 bits per heavy atom. The third-order valence-corrected chi connectivity index (χ3v) is 2.94. The molecule has 1 saturated carbocycles. The second-order valence-corrected chi connectivity index (χ2v) is 4.49. The van der Waals surface area contributed by atoms with Crippen LogP contribution in [0.15, 0.2) is 18.2 Å². The van der Waals surface area contributed by atoms with Gasteiger partial charge in [-0.15, -0.1) is 0 Å². The minimum absolute atomic E-state index is 0.844. The zero-order chi connectivity index (χ0) is 10.1. The van der Waals surface area contributed by atoms with E-state index in [9.17, 15) is 0 Å². The summed E-state index contributed by atoms with van der Waals surface area (Å²) < 4.78 is 0. The fourth-order valence-electron chi connectivity index (χ4n) is 1.85. The van der Waals surface area contributed by atoms with Crippen molar-refractivity contribution in [3.63, 3.8) is 0 Å². The summed E-state index contributed by atoms with van der Waals surface area (Å²) >= 11 is 0. The van der Waals surface area contributed by atoms with E-state index >= 15 is 0 Å². The summed E-state index contributed by atoms with van der Waals surface area (Å²) in [5, 5.41) is 3.44. The van der Waals surface area contributed by atoms with Crippen LogP contribution in [0.3, 0.4) is 0 Å². The van der Waals surface area contributed by atoms with Gasteiger partial charge in [0.15, 0.2) is 0 Å². The van der Waals surface area contributed by atoms with Gasteiger partial charge in [-0.2, -0.15) is 0 Å². The van der Waals surface area contributed by atoms with Gasteiger partial charge in [0, 0.05) is 17.9 Å². The van der Waals surface area contributed by atoms with Crippen molar-refractivity contribution >= 4 is 11.4 Å². The van der Waals surface area contributed by atoms with Gasteiger partial charge in [0.25, 0.3) is 0 Å². The number of benzene rings is 1. The molecule has 76 valence electrons. The fourth-order valence-corrected chi connectivity index (χ4v) is 1.85. The van der Waals surface area contributed by atoms with Crippen molar-refractivity contribution in [2.45, 2.75) is 20.3 Å². The maximum atomic E-state index is 5.77. The standard InChI is InChI=1S/C12H18N2/c1-8-3-11(13)6-12(4-8)14-7-10-5-9(10)2/h3-4,6,9-10,14H,5,7,13H2,1-2H3. The van der Waals surface area contributed by atoms with Crippen molar-refractivity contribution in [1.29, 1.82) is 0 Å². The van der Waals surface area contributed by atoms with Crippen molar-refractivity contribution < 1.29 is 0 Å². The van der Waals surface area contributed by atoms with Gasteiger partial charge in [0.05, 0.1) is 0 Å². The third kappa shape index (κ3) is 2.19. The summed E-state index contributed by atoms with van der Waals surface area (Å²) in [5.41, 5.74) is 8.99. The van der Waals surface area contributed by atoms with Gasteiger partial charge in [-0.05, 0) is 48.9 Å². The predicted molar refractivity (Wildman–Crippen MR) is 61.4 cm³/mol. The number of anilines is 2. The molecule has 0 aliphatic heterocycles. The highest BCUT2D eigenvalue weighted by molar-refractivity contribution is 5.56. The second-order valence-electron chi connectivity index (χ2n) is 4.49. The maximum absolute atomic E-state index is 5.77. The first-order valence-electron chi connectivity index (χ1n) is 5.26. The molecule has 2 heteroatoms. The molecule has 2 nitrogen and oxygen atoms in total. The molecule has 0 bridgehead atoms. The highest BCUT2D eigenvalue weighted by Crippen LogP contribution is 2.37. The van der Waals surface area contributed by atoms with Crippen LogP contribution in [0.4, 0.5) is 11.4 Å². The molecule has 0 radical (unpaired) electrons. The molecule has 1 aromatic carbocycles. The van der Waals surface area contributed by atoms with Crippen molar-refractivity contribution in [3.8, 4) is 0 Å². The molecule has 2 rings (SSSR count). The van der Waals surface area contributed by atoms with Gasteiger partial charge in [-0.1, -0.05) is 6.92 Å². The maximum Gasteiger partial charge on any atom is 0.0363 e. The molecule has 1 aliphatic carbocycles. The molecule has 3 N–H and O–H groups in total. The van der Waals surface area contributed by atoms with Gasteiger partial charge in [0.1, 0.15) is 0 Å². The number of rotatable bonds is 3. The van der Waals surface area contributed by atoms with E-state index in [1.807, 2.05) is 12.1 Å². The Bertz CT molecular complexity index is 313. The monoisotopic (exact) mass is 190 g/mol. The number of nitrogens with two attached hydrogens (primary N) is 1. The average molecular weight is 190 g/mol. The normalized spacial score (nSPS) is 24.7. The minimum Gasteiger partial charge on any atom is -0.399 e. The van der Waals surface area contributed by atoms with Crippen molar-refractivity contribution in [3.05, 3.63) is 23.8 Å². The van der Waals surface area contributed by atoms with Crippen LogP contribution in [0.5, 0.6) is 0 Å². The number of nitrogen functional groups attached to an aromatic ring is 1. The lowest BCUT2D eigenvalue weighted by Crippen LogP contribution is -2.04. The zero-order valence-corrected chi connectivity index (χ0v) is 8.88. The van der Waals surface area contributed by atoms with Gasteiger partial charge in [0.2, 0.25) is 0 Å². The molecule has 0 amide bonds. The number of hydrogen-bond acceptors (Lipinski definition) is 2. The lowest BCUT2D eigenvalue weighted by Gasteiger charge is -2.07. The van der Waals surface area contributed by atoms with Crippen LogP contribution in [-0.2, 0) is 0 Å². The summed E-state index contributed by atoms with van der Waals surface area (Å²) in [6.45, 7) is 5.46. The Morgan fingerprint density at radius 2 is 2.14 bits per heavy atom. The van der Waals surface area contributed by atoms with E-state index in [0.29, 0.717) is 0 Å². The van der Waals surface area contributed by atoms with Crippen LogP contribution in [-0.4, -0.2) is 6.54 Å². The lowest BCUT2D eigenvalue weighted by molar-refractivity contribution is 0.787. The molecule has 0 saturated heterocycles. The fraction of sp³-hybridized carbons (Fsp3) is 0.500. The van der Waals surface area contributed by atoms with E-state index in [1.165, 1.54) is 12.0 Å². The Balaban J connectivity index is 1.95. The van der Waals surface area contributed by atoms with Crippen molar-refractivity contribution in [2.24, 2.45) is 11.8 Å². The smallest absolute Gasteiger partial charge is 0.0363 e. The summed E-state index contributed by atoms with van der Waals surface area (Å²) in [6, 6.07) is 6.13. The van der Waals surface area contributed by atoms with E-state index in [1.54, 1.807) is 0 Å². The van der Waals surface area contributed by atoms with E-state index in [0.717, 1.165) is 29.8 Å². The molecule has 1 aliphatic rings. The van der Waals surface area contributed by atoms with Crippen LogP contribution in [0.2, 0.25) is 0 Å². The molecule has 14 heavy (non-hydrogen) atoms. The highest BCUT2D eigenvalue weighted by Gasteiger charge is 2.31. The first-order chi connectivity index (χ1) is 6.65. The Labute approximate surface area is 85.5 Å². The van der Waals surface area contributed by atoms with Crippen LogP contribution in [0.1, 0.15) is 18.9 Å². The molecule has 0 heterocycles. The zero-order valence-electron chi connectivity index (χ0n) is 8.88. The van der Waals surface area contributed by atoms with Gasteiger partial charge in [-0.25, -0.2) is 0 Å². The molecule has 1 fully saturated rings. The summed E-state index contributed by atoms with van der Waals surface area (Å²) in [7, 11) is 0. The molecule has 2 atom stereocenters. The van der Waals surface area contributed by atoms with Crippen LogP contribution >= 0.6 is 0 Å². The molecular weight excluding hydrogens is 172 g/mol. The third-order valence-electron chi connectivity index (χ3n) is 2.94. The van der Waals surface area contributed by atoms with Gasteiger partial charge in [-0.3, -0.25) is 0 Å². The van der Waals surface area contributed by atoms with Crippen molar-refractivity contribution in [1.82, 2.24) is 0 Å². The highest BCUT2D eigenvalue weighted by atomic mass is 14.9. The van der Waals surface area contributed by atoms with Crippen molar-refractivity contribution in [2.75, 3.05) is 17.6 Å².